The Labute approximate surface area is 170 Å². The summed E-state index contributed by atoms with van der Waals surface area (Å²) < 4.78 is 5.99. The summed E-state index contributed by atoms with van der Waals surface area (Å²) in [7, 11) is 0. The normalized spacial score (nSPS) is 17.6. The van der Waals surface area contributed by atoms with Crippen molar-refractivity contribution in [2.75, 3.05) is 37.7 Å². The Morgan fingerprint density at radius 3 is 2.55 bits per heavy atom. The number of benzene rings is 1. The maximum Gasteiger partial charge on any atom is 0.224 e. The predicted molar refractivity (Wildman–Crippen MR) is 112 cm³/mol. The average molecular weight is 390 g/mol. The van der Waals surface area contributed by atoms with E-state index >= 15 is 0 Å². The molecule has 150 valence electrons. The number of fused-ring (bicyclic) bond motifs is 1. The fourth-order valence-corrected chi connectivity index (χ4v) is 3.74. The molecule has 0 amide bonds. The van der Waals surface area contributed by atoms with Gasteiger partial charge in [-0.2, -0.15) is 0 Å². The van der Waals surface area contributed by atoms with Gasteiger partial charge in [-0.3, -0.25) is 4.90 Å². The summed E-state index contributed by atoms with van der Waals surface area (Å²) in [6.45, 7) is 7.59. The van der Waals surface area contributed by atoms with Crippen LogP contribution in [0.15, 0.2) is 36.9 Å². The van der Waals surface area contributed by atoms with E-state index < -0.39 is 0 Å². The van der Waals surface area contributed by atoms with Gasteiger partial charge in [-0.25, -0.2) is 19.9 Å². The van der Waals surface area contributed by atoms with Gasteiger partial charge in [-0.05, 0) is 43.9 Å². The van der Waals surface area contributed by atoms with Crippen LogP contribution in [0.1, 0.15) is 24.2 Å². The van der Waals surface area contributed by atoms with Gasteiger partial charge in [0.1, 0.15) is 12.2 Å². The highest BCUT2D eigenvalue weighted by atomic mass is 16.5. The quantitative estimate of drug-likeness (QED) is 0.641. The van der Waals surface area contributed by atoms with E-state index in [4.69, 9.17) is 4.74 Å². The molecule has 2 fully saturated rings. The number of aromatic nitrogens is 4. The van der Waals surface area contributed by atoms with Crippen molar-refractivity contribution in [1.29, 1.82) is 0 Å². The summed E-state index contributed by atoms with van der Waals surface area (Å²) in [6, 6.07) is 6.41. The fraction of sp³-hybridized carbons (Fsp3) is 0.455. The van der Waals surface area contributed by atoms with Gasteiger partial charge >= 0.3 is 0 Å². The van der Waals surface area contributed by atoms with Crippen LogP contribution < -0.4 is 9.64 Å². The highest BCUT2D eigenvalue weighted by molar-refractivity contribution is 5.86. The first-order valence-corrected chi connectivity index (χ1v) is 10.4. The number of rotatable bonds is 6. The summed E-state index contributed by atoms with van der Waals surface area (Å²) in [5.41, 5.74) is 3.32. The Bertz CT molecular complexity index is 980. The molecule has 3 aromatic rings. The van der Waals surface area contributed by atoms with Gasteiger partial charge in [0.25, 0.3) is 0 Å². The second-order valence-corrected chi connectivity index (χ2v) is 8.04. The lowest BCUT2D eigenvalue weighted by Crippen LogP contribution is -2.46. The average Bonchev–Trinajstić information content (AvgIpc) is 3.59. The summed E-state index contributed by atoms with van der Waals surface area (Å²) in [4.78, 5) is 22.3. The molecule has 1 aromatic carbocycles. The van der Waals surface area contributed by atoms with Crippen LogP contribution in [0.4, 0.5) is 5.69 Å². The summed E-state index contributed by atoms with van der Waals surface area (Å²) in [5.74, 6) is 2.23. The topological polar surface area (TPSA) is 67.3 Å². The minimum Gasteiger partial charge on any atom is -0.477 e. The third kappa shape index (κ3) is 4.29. The van der Waals surface area contributed by atoms with Crippen LogP contribution in [0.2, 0.25) is 0 Å². The van der Waals surface area contributed by atoms with Crippen LogP contribution in [0.25, 0.3) is 10.9 Å². The molecule has 5 rings (SSSR count). The molecule has 1 aliphatic carbocycles. The molecule has 29 heavy (non-hydrogen) atoms. The Morgan fingerprint density at radius 2 is 1.79 bits per heavy atom. The number of aryl methyl sites for hydroxylation is 1. The second-order valence-electron chi connectivity index (χ2n) is 8.04. The van der Waals surface area contributed by atoms with Crippen molar-refractivity contribution in [3.05, 3.63) is 48.3 Å². The van der Waals surface area contributed by atoms with Crippen molar-refractivity contribution >= 4 is 16.6 Å². The van der Waals surface area contributed by atoms with Crippen LogP contribution in [0, 0.1) is 12.8 Å². The molecule has 2 aromatic heterocycles. The molecule has 0 N–H and O–H groups in total. The molecular formula is C22H26N6O. The highest BCUT2D eigenvalue weighted by Crippen LogP contribution is 2.32. The van der Waals surface area contributed by atoms with E-state index in [1.807, 2.05) is 19.3 Å². The first kappa shape index (κ1) is 18.2. The van der Waals surface area contributed by atoms with Crippen molar-refractivity contribution in [3.8, 4) is 5.88 Å². The number of hydrogen-bond donors (Lipinski definition) is 0. The van der Waals surface area contributed by atoms with Crippen LogP contribution in [0.3, 0.4) is 0 Å². The largest absolute Gasteiger partial charge is 0.477 e. The zero-order valence-corrected chi connectivity index (χ0v) is 16.8. The predicted octanol–water partition coefficient (Wildman–Crippen LogP) is 2.84. The zero-order chi connectivity index (χ0) is 19.6. The van der Waals surface area contributed by atoms with Gasteiger partial charge < -0.3 is 9.64 Å². The van der Waals surface area contributed by atoms with Gasteiger partial charge in [0.2, 0.25) is 5.88 Å². The first-order chi connectivity index (χ1) is 14.2. The summed E-state index contributed by atoms with van der Waals surface area (Å²) in [6.07, 6.45) is 8.00. The molecule has 0 atom stereocenters. The molecule has 1 saturated heterocycles. The maximum absolute atomic E-state index is 5.99. The number of anilines is 1. The third-order valence-corrected chi connectivity index (χ3v) is 5.71. The lowest BCUT2D eigenvalue weighted by Gasteiger charge is -2.36. The Hall–Kier alpha value is -2.80. The molecule has 1 saturated carbocycles. The van der Waals surface area contributed by atoms with E-state index in [1.165, 1.54) is 24.1 Å². The first-order valence-electron chi connectivity index (χ1n) is 10.4. The molecule has 2 aliphatic rings. The highest BCUT2D eigenvalue weighted by Gasteiger charge is 2.23. The minimum atomic E-state index is 0.704. The van der Waals surface area contributed by atoms with Gasteiger partial charge in [0.05, 0.1) is 17.5 Å². The lowest BCUT2D eigenvalue weighted by molar-refractivity contribution is 0.249. The number of hydrogen-bond acceptors (Lipinski definition) is 7. The molecule has 0 bridgehead atoms. The number of piperazine rings is 1. The molecule has 7 heteroatoms. The van der Waals surface area contributed by atoms with E-state index in [1.54, 1.807) is 6.33 Å². The molecule has 3 heterocycles. The van der Waals surface area contributed by atoms with E-state index in [9.17, 15) is 0 Å². The molecule has 1 aliphatic heterocycles. The standard InChI is InChI=1S/C22H26N6O/c1-16-23-11-18(12-24-16)13-27-6-8-28(9-7-27)19-4-5-21-20(10-19)22(26-15-25-21)29-14-17-2-3-17/h4-5,10-12,15,17H,2-3,6-9,13-14H2,1H3. The Balaban J connectivity index is 1.26. The number of nitrogens with zero attached hydrogens (tertiary/aromatic N) is 6. The van der Waals surface area contributed by atoms with Crippen molar-refractivity contribution in [3.63, 3.8) is 0 Å². The van der Waals surface area contributed by atoms with Gasteiger partial charge in [0.15, 0.2) is 0 Å². The van der Waals surface area contributed by atoms with Crippen LogP contribution in [-0.4, -0.2) is 57.6 Å². The monoisotopic (exact) mass is 390 g/mol. The van der Waals surface area contributed by atoms with Crippen molar-refractivity contribution in [1.82, 2.24) is 24.8 Å². The number of ether oxygens (including phenoxy) is 1. The fourth-order valence-electron chi connectivity index (χ4n) is 3.74. The van der Waals surface area contributed by atoms with Crippen LogP contribution >= 0.6 is 0 Å². The molecule has 0 radical (unpaired) electrons. The van der Waals surface area contributed by atoms with Crippen LogP contribution in [-0.2, 0) is 6.54 Å². The van der Waals surface area contributed by atoms with E-state index in [0.29, 0.717) is 11.8 Å². The molecular weight excluding hydrogens is 364 g/mol. The Morgan fingerprint density at radius 1 is 1.00 bits per heavy atom. The maximum atomic E-state index is 5.99. The van der Waals surface area contributed by atoms with Gasteiger partial charge in [0, 0.05) is 56.4 Å². The van der Waals surface area contributed by atoms with Gasteiger partial charge in [-0.1, -0.05) is 0 Å². The van der Waals surface area contributed by atoms with Crippen LogP contribution in [0.5, 0.6) is 5.88 Å². The van der Waals surface area contributed by atoms with Crippen molar-refractivity contribution in [2.24, 2.45) is 5.92 Å². The smallest absolute Gasteiger partial charge is 0.224 e. The minimum absolute atomic E-state index is 0.704. The van der Waals surface area contributed by atoms with Gasteiger partial charge in [-0.15, -0.1) is 0 Å². The molecule has 0 spiro atoms. The molecule has 7 nitrogen and oxygen atoms in total. The van der Waals surface area contributed by atoms with E-state index in [2.05, 4.69) is 47.9 Å². The van der Waals surface area contributed by atoms with Crippen molar-refractivity contribution in [2.45, 2.75) is 26.3 Å². The van der Waals surface area contributed by atoms with E-state index in [-0.39, 0.29) is 0 Å². The molecule has 0 unspecified atom stereocenters. The van der Waals surface area contributed by atoms with Crippen molar-refractivity contribution < 1.29 is 4.74 Å². The third-order valence-electron chi connectivity index (χ3n) is 5.71. The SMILES string of the molecule is Cc1ncc(CN2CCN(c3ccc4ncnc(OCC5CC5)c4c3)CC2)cn1. The van der Waals surface area contributed by atoms with E-state index in [0.717, 1.165) is 56.1 Å². The Kier molecular flexibility index (Phi) is 4.97. The second kappa shape index (κ2) is 7.91. The zero-order valence-electron chi connectivity index (χ0n) is 16.8. The lowest BCUT2D eigenvalue weighted by atomic mass is 10.1. The summed E-state index contributed by atoms with van der Waals surface area (Å²) >= 11 is 0. The summed E-state index contributed by atoms with van der Waals surface area (Å²) in [5, 5.41) is 1.00.